The first-order chi connectivity index (χ1) is 16.0. The maximum atomic E-state index is 13.3. The molecule has 0 saturated heterocycles. The topological polar surface area (TPSA) is 132 Å². The summed E-state index contributed by atoms with van der Waals surface area (Å²) < 4.78 is 82.2. The molecule has 0 unspecified atom stereocenters. The third-order valence-electron chi connectivity index (χ3n) is 6.04. The van der Waals surface area contributed by atoms with Crippen molar-refractivity contribution in [3.8, 4) is 5.75 Å². The molecular formula is C22H25N3O7S3. The van der Waals surface area contributed by atoms with Crippen molar-refractivity contribution in [1.82, 2.24) is 12.9 Å². The number of hydrogen-bond donors (Lipinski definition) is 1. The second kappa shape index (κ2) is 7.98. The number of aromatic hydroxyl groups is 1. The monoisotopic (exact) mass is 539 g/mol. The van der Waals surface area contributed by atoms with Gasteiger partial charge in [-0.05, 0) is 12.1 Å². The number of nitrogens with zero attached hydrogens (tertiary/aromatic N) is 3. The average Bonchev–Trinajstić information content (AvgIpc) is 2.77. The third kappa shape index (κ3) is 3.57. The molecule has 4 rings (SSSR count). The van der Waals surface area contributed by atoms with Crippen LogP contribution in [0.2, 0.25) is 0 Å². The number of sulfonamides is 3. The fourth-order valence-corrected chi connectivity index (χ4v) is 7.50. The van der Waals surface area contributed by atoms with Crippen molar-refractivity contribution < 1.29 is 30.4 Å². The van der Waals surface area contributed by atoms with E-state index >= 15 is 0 Å². The van der Waals surface area contributed by atoms with Crippen molar-refractivity contribution in [3.05, 3.63) is 36.4 Å². The van der Waals surface area contributed by atoms with Gasteiger partial charge in [0.15, 0.2) is 0 Å². The van der Waals surface area contributed by atoms with Gasteiger partial charge in [-0.1, -0.05) is 18.2 Å². The third-order valence-corrected chi connectivity index (χ3v) is 11.6. The Morgan fingerprint density at radius 2 is 0.800 bits per heavy atom. The summed E-state index contributed by atoms with van der Waals surface area (Å²) in [7, 11) is -4.18. The zero-order valence-electron chi connectivity index (χ0n) is 19.9. The molecule has 0 aliphatic carbocycles. The maximum Gasteiger partial charge on any atom is 0.243 e. The highest BCUT2D eigenvalue weighted by Gasteiger charge is 2.31. The molecule has 0 heterocycles. The highest BCUT2D eigenvalue weighted by Crippen LogP contribution is 2.45. The van der Waals surface area contributed by atoms with Gasteiger partial charge >= 0.3 is 0 Å². The largest absolute Gasteiger partial charge is 0.507 e. The molecule has 0 radical (unpaired) electrons. The highest BCUT2D eigenvalue weighted by atomic mass is 32.2. The SMILES string of the molecule is CN(C)S(=O)(=O)c1cc(O)c2ccc3c(S(=O)(=O)N(C)C)cc(S(=O)(=O)N(C)C)c4ccc1c2c34. The van der Waals surface area contributed by atoms with Gasteiger partial charge in [0.25, 0.3) is 0 Å². The van der Waals surface area contributed by atoms with E-state index in [4.69, 9.17) is 0 Å². The summed E-state index contributed by atoms with van der Waals surface area (Å²) in [5, 5.41) is 12.2. The minimum atomic E-state index is -4.11. The lowest BCUT2D eigenvalue weighted by Gasteiger charge is -2.22. The second-order valence-corrected chi connectivity index (χ2v) is 15.1. The Labute approximate surface area is 204 Å². The highest BCUT2D eigenvalue weighted by molar-refractivity contribution is 7.90. The first kappa shape index (κ1) is 25.5. The summed E-state index contributed by atoms with van der Waals surface area (Å²) in [6.45, 7) is 0. The van der Waals surface area contributed by atoms with Crippen LogP contribution in [0.3, 0.4) is 0 Å². The predicted octanol–water partition coefficient (Wildman–Crippen LogP) is 2.04. The van der Waals surface area contributed by atoms with Crippen LogP contribution in [0, 0.1) is 0 Å². The van der Waals surface area contributed by atoms with Crippen molar-refractivity contribution in [2.24, 2.45) is 0 Å². The minimum Gasteiger partial charge on any atom is -0.507 e. The molecule has 0 bridgehead atoms. The summed E-state index contributed by atoms with van der Waals surface area (Å²) in [5.41, 5.74) is 0. The summed E-state index contributed by atoms with van der Waals surface area (Å²) in [6, 6.07) is 8.22. The number of phenolic OH excluding ortho intramolecular Hbond substituents is 1. The Bertz CT molecular complexity index is 1770. The fourth-order valence-electron chi connectivity index (χ4n) is 4.11. The molecule has 0 aromatic heterocycles. The standard InChI is InChI=1S/C22H25N3O7S3/c1-23(2)33(27,28)18-11-17(26)13-7-8-15-19(34(29,30)24(3)4)12-20(35(31,32)25(5)6)16-10-9-14(18)21(13)22(15)16/h7-12,26H,1-6H3. The zero-order chi connectivity index (χ0) is 26.2. The molecule has 1 N–H and O–H groups in total. The molecule has 0 aliphatic heterocycles. The fraction of sp³-hybridized carbons (Fsp3) is 0.273. The van der Waals surface area contributed by atoms with Gasteiger partial charge < -0.3 is 5.11 Å². The van der Waals surface area contributed by atoms with Crippen LogP contribution in [0.5, 0.6) is 5.75 Å². The van der Waals surface area contributed by atoms with E-state index in [1.54, 1.807) is 0 Å². The van der Waals surface area contributed by atoms with E-state index in [1.165, 1.54) is 66.6 Å². The molecule has 0 spiro atoms. The molecular weight excluding hydrogens is 514 g/mol. The summed E-state index contributed by atoms with van der Waals surface area (Å²) in [5.74, 6) is -0.329. The van der Waals surface area contributed by atoms with Crippen molar-refractivity contribution in [2.75, 3.05) is 42.3 Å². The Morgan fingerprint density at radius 1 is 0.514 bits per heavy atom. The molecule has 13 heteroatoms. The van der Waals surface area contributed by atoms with E-state index in [9.17, 15) is 30.4 Å². The van der Waals surface area contributed by atoms with Gasteiger partial charge in [0.05, 0.1) is 14.7 Å². The molecule has 35 heavy (non-hydrogen) atoms. The van der Waals surface area contributed by atoms with Crippen LogP contribution in [-0.2, 0) is 30.1 Å². The van der Waals surface area contributed by atoms with Gasteiger partial charge in [0, 0.05) is 80.7 Å². The summed E-state index contributed by atoms with van der Waals surface area (Å²) in [6.07, 6.45) is 0. The van der Waals surface area contributed by atoms with E-state index in [1.807, 2.05) is 0 Å². The van der Waals surface area contributed by atoms with E-state index < -0.39 is 30.1 Å². The van der Waals surface area contributed by atoms with Crippen molar-refractivity contribution >= 4 is 62.4 Å². The molecule has 4 aromatic rings. The number of phenols is 1. The smallest absolute Gasteiger partial charge is 0.243 e. The van der Waals surface area contributed by atoms with Gasteiger partial charge in [-0.25, -0.2) is 38.2 Å². The van der Waals surface area contributed by atoms with Crippen LogP contribution in [0.1, 0.15) is 0 Å². The molecule has 0 fully saturated rings. The Morgan fingerprint density at radius 3 is 1.14 bits per heavy atom. The van der Waals surface area contributed by atoms with E-state index in [-0.39, 0.29) is 52.8 Å². The molecule has 10 nitrogen and oxygen atoms in total. The number of benzene rings is 4. The lowest BCUT2D eigenvalue weighted by Crippen LogP contribution is -2.25. The molecule has 4 aromatic carbocycles. The van der Waals surface area contributed by atoms with Crippen LogP contribution in [0.4, 0.5) is 0 Å². The summed E-state index contributed by atoms with van der Waals surface area (Å²) in [4.78, 5) is -0.671. The van der Waals surface area contributed by atoms with Crippen molar-refractivity contribution in [1.29, 1.82) is 0 Å². The molecule has 188 valence electrons. The molecule has 0 amide bonds. The Balaban J connectivity index is 2.39. The van der Waals surface area contributed by atoms with Crippen LogP contribution < -0.4 is 0 Å². The van der Waals surface area contributed by atoms with Gasteiger partial charge in [0.2, 0.25) is 30.1 Å². The Hall–Kier alpha value is -2.55. The average molecular weight is 540 g/mol. The zero-order valence-corrected chi connectivity index (χ0v) is 22.4. The van der Waals surface area contributed by atoms with Crippen molar-refractivity contribution in [3.63, 3.8) is 0 Å². The Kier molecular flexibility index (Phi) is 5.82. The normalized spacial score (nSPS) is 13.9. The minimum absolute atomic E-state index is 0.181. The van der Waals surface area contributed by atoms with Crippen LogP contribution in [-0.4, -0.2) is 85.6 Å². The lowest BCUT2D eigenvalue weighted by molar-refractivity contribution is 0.478. The van der Waals surface area contributed by atoms with E-state index in [0.717, 1.165) is 25.0 Å². The molecule has 0 atom stereocenters. The summed E-state index contributed by atoms with van der Waals surface area (Å²) >= 11 is 0. The quantitative estimate of drug-likeness (QED) is 0.371. The van der Waals surface area contributed by atoms with Crippen LogP contribution in [0.25, 0.3) is 32.3 Å². The number of hydrogen-bond acceptors (Lipinski definition) is 7. The van der Waals surface area contributed by atoms with Gasteiger partial charge in [0.1, 0.15) is 5.75 Å². The second-order valence-electron chi connectivity index (χ2n) is 8.70. The number of rotatable bonds is 6. The van der Waals surface area contributed by atoms with E-state index in [2.05, 4.69) is 0 Å². The molecule has 0 aliphatic rings. The lowest BCUT2D eigenvalue weighted by atomic mass is 9.94. The van der Waals surface area contributed by atoms with E-state index in [0.29, 0.717) is 0 Å². The van der Waals surface area contributed by atoms with Crippen LogP contribution in [0.15, 0.2) is 51.1 Å². The molecule has 0 saturated carbocycles. The van der Waals surface area contributed by atoms with Gasteiger partial charge in [-0.2, -0.15) is 0 Å². The predicted molar refractivity (Wildman–Crippen MR) is 134 cm³/mol. The first-order valence-corrected chi connectivity index (χ1v) is 14.6. The van der Waals surface area contributed by atoms with Gasteiger partial charge in [-0.3, -0.25) is 0 Å². The van der Waals surface area contributed by atoms with Crippen LogP contribution >= 0.6 is 0 Å². The van der Waals surface area contributed by atoms with Gasteiger partial charge in [-0.15, -0.1) is 0 Å². The maximum absolute atomic E-state index is 13.3. The first-order valence-electron chi connectivity index (χ1n) is 10.3. The van der Waals surface area contributed by atoms with Crippen molar-refractivity contribution in [2.45, 2.75) is 14.7 Å².